The lowest BCUT2D eigenvalue weighted by Gasteiger charge is -2.32. The van der Waals surface area contributed by atoms with Crippen molar-refractivity contribution in [3.63, 3.8) is 0 Å². The van der Waals surface area contributed by atoms with Gasteiger partial charge in [-0.15, -0.1) is 0 Å². The number of ketones is 1. The molecule has 3 heteroatoms. The number of carbonyl (C=O) groups is 1. The molecule has 0 aromatic heterocycles. The van der Waals surface area contributed by atoms with Gasteiger partial charge in [0.1, 0.15) is 0 Å². The molecule has 0 saturated carbocycles. The fraction of sp³-hybridized carbons (Fsp3) is 0.909. The van der Waals surface area contributed by atoms with Crippen LogP contribution < -0.4 is 5.32 Å². The molecule has 0 aliphatic heterocycles. The van der Waals surface area contributed by atoms with Crippen LogP contribution >= 0.6 is 12.6 Å². The average Bonchev–Trinajstić information content (AvgIpc) is 1.96. The van der Waals surface area contributed by atoms with Gasteiger partial charge in [-0.1, -0.05) is 27.7 Å². The molecule has 2 nitrogen and oxygen atoms in total. The van der Waals surface area contributed by atoms with Gasteiger partial charge in [-0.05, 0) is 13.8 Å². The summed E-state index contributed by atoms with van der Waals surface area (Å²) < 4.78 is -0.314. The van der Waals surface area contributed by atoms with E-state index in [9.17, 15) is 4.79 Å². The van der Waals surface area contributed by atoms with Gasteiger partial charge in [-0.3, -0.25) is 4.79 Å². The molecule has 1 atom stereocenters. The van der Waals surface area contributed by atoms with Crippen molar-refractivity contribution in [3.8, 4) is 0 Å². The van der Waals surface area contributed by atoms with Crippen LogP contribution in [0.3, 0.4) is 0 Å². The molecule has 14 heavy (non-hydrogen) atoms. The number of carbonyl (C=O) groups excluding carboxylic acids is 1. The Labute approximate surface area is 93.3 Å². The van der Waals surface area contributed by atoms with Crippen LogP contribution in [0.1, 0.15) is 41.5 Å². The van der Waals surface area contributed by atoms with E-state index >= 15 is 0 Å². The van der Waals surface area contributed by atoms with Crippen LogP contribution in [0.2, 0.25) is 0 Å². The number of nitrogens with one attached hydrogen (secondary N) is 1. The van der Waals surface area contributed by atoms with E-state index in [-0.39, 0.29) is 22.5 Å². The topological polar surface area (TPSA) is 29.1 Å². The van der Waals surface area contributed by atoms with Gasteiger partial charge in [-0.2, -0.15) is 12.6 Å². The van der Waals surface area contributed by atoms with Gasteiger partial charge >= 0.3 is 0 Å². The van der Waals surface area contributed by atoms with Crippen LogP contribution in [-0.4, -0.2) is 22.6 Å². The molecule has 0 amide bonds. The Morgan fingerprint density at radius 1 is 1.21 bits per heavy atom. The Bertz CT molecular complexity index is 194. The second kappa shape index (κ2) is 5.17. The Hall–Kier alpha value is -0.0200. The summed E-state index contributed by atoms with van der Waals surface area (Å²) >= 11 is 4.47. The maximum atomic E-state index is 11.9. The highest BCUT2D eigenvalue weighted by atomic mass is 32.1. The second-order valence-corrected chi connectivity index (χ2v) is 6.12. The van der Waals surface area contributed by atoms with E-state index in [2.05, 4.69) is 17.9 Å². The predicted octanol–water partition coefficient (Wildman–Crippen LogP) is 2.29. The molecular weight excluding hydrogens is 194 g/mol. The van der Waals surface area contributed by atoms with Crippen LogP contribution in [0.4, 0.5) is 0 Å². The summed E-state index contributed by atoms with van der Waals surface area (Å²) in [4.78, 5) is 11.9. The molecule has 0 aromatic rings. The maximum Gasteiger partial charge on any atom is 0.153 e. The maximum absolute atomic E-state index is 11.9. The average molecular weight is 217 g/mol. The van der Waals surface area contributed by atoms with Crippen molar-refractivity contribution in [2.45, 2.75) is 58.4 Å². The third-order valence-corrected chi connectivity index (χ3v) is 2.32. The minimum atomic E-state index is -0.314. The molecule has 0 fully saturated rings. The first kappa shape index (κ1) is 14.0. The molecule has 1 unspecified atom stereocenters. The van der Waals surface area contributed by atoms with Crippen molar-refractivity contribution in [1.29, 1.82) is 0 Å². The third-order valence-electron chi connectivity index (χ3n) is 2.06. The summed E-state index contributed by atoms with van der Waals surface area (Å²) in [6, 6.07) is 0.125. The molecule has 0 aliphatic carbocycles. The van der Waals surface area contributed by atoms with Gasteiger partial charge in [0.2, 0.25) is 0 Å². The van der Waals surface area contributed by atoms with Crippen molar-refractivity contribution < 1.29 is 4.79 Å². The molecule has 0 radical (unpaired) electrons. The fourth-order valence-electron chi connectivity index (χ4n) is 1.30. The van der Waals surface area contributed by atoms with Gasteiger partial charge in [-0.25, -0.2) is 0 Å². The van der Waals surface area contributed by atoms with Gasteiger partial charge in [0.15, 0.2) is 5.78 Å². The summed E-state index contributed by atoms with van der Waals surface area (Å²) in [6.07, 6.45) is 0. The highest BCUT2D eigenvalue weighted by Gasteiger charge is 2.33. The molecular formula is C11H23NOS. The summed E-state index contributed by atoms with van der Waals surface area (Å²) in [5, 5.41) is 3.27. The zero-order valence-electron chi connectivity index (χ0n) is 10.1. The van der Waals surface area contributed by atoms with Gasteiger partial charge in [0.25, 0.3) is 0 Å². The molecule has 0 saturated heterocycles. The van der Waals surface area contributed by atoms with E-state index in [1.54, 1.807) is 0 Å². The number of rotatable bonds is 5. The SMILES string of the molecule is CC(C)NC(C(=O)C(C)C)C(C)(C)S. The summed E-state index contributed by atoms with van der Waals surface area (Å²) in [7, 11) is 0. The molecule has 0 heterocycles. The third kappa shape index (κ3) is 4.47. The number of hydrogen-bond donors (Lipinski definition) is 2. The molecule has 0 rings (SSSR count). The van der Waals surface area contributed by atoms with Gasteiger partial charge in [0.05, 0.1) is 6.04 Å². The molecule has 0 aliphatic rings. The molecule has 0 aromatic carbocycles. The summed E-state index contributed by atoms with van der Waals surface area (Å²) in [6.45, 7) is 11.9. The smallest absolute Gasteiger partial charge is 0.153 e. The van der Waals surface area contributed by atoms with Crippen molar-refractivity contribution in [2.75, 3.05) is 0 Å². The van der Waals surface area contributed by atoms with E-state index in [4.69, 9.17) is 0 Å². The zero-order valence-corrected chi connectivity index (χ0v) is 11.0. The zero-order chi connectivity index (χ0) is 11.5. The minimum absolute atomic E-state index is 0.0534. The normalized spacial score (nSPS) is 14.9. The number of hydrogen-bond acceptors (Lipinski definition) is 3. The summed E-state index contributed by atoms with van der Waals surface area (Å²) in [5.41, 5.74) is 0. The Balaban J connectivity index is 4.65. The first-order valence-electron chi connectivity index (χ1n) is 5.18. The molecule has 0 bridgehead atoms. The van der Waals surface area contributed by atoms with E-state index in [1.165, 1.54) is 0 Å². The van der Waals surface area contributed by atoms with E-state index in [1.807, 2.05) is 41.5 Å². The van der Waals surface area contributed by atoms with Gasteiger partial charge in [0, 0.05) is 16.7 Å². The first-order chi connectivity index (χ1) is 6.16. The minimum Gasteiger partial charge on any atom is -0.304 e. The Morgan fingerprint density at radius 2 is 1.64 bits per heavy atom. The van der Waals surface area contributed by atoms with Crippen molar-refractivity contribution in [1.82, 2.24) is 5.32 Å². The van der Waals surface area contributed by atoms with E-state index < -0.39 is 0 Å². The molecule has 0 spiro atoms. The van der Waals surface area contributed by atoms with E-state index in [0.717, 1.165) is 0 Å². The van der Waals surface area contributed by atoms with Crippen LogP contribution in [-0.2, 0) is 4.79 Å². The van der Waals surface area contributed by atoms with Crippen molar-refractivity contribution in [3.05, 3.63) is 0 Å². The lowest BCUT2D eigenvalue weighted by Crippen LogP contribution is -2.52. The lowest BCUT2D eigenvalue weighted by molar-refractivity contribution is -0.124. The quantitative estimate of drug-likeness (QED) is 0.692. The lowest BCUT2D eigenvalue weighted by atomic mass is 9.91. The number of thiol groups is 1. The monoisotopic (exact) mass is 217 g/mol. The standard InChI is InChI=1S/C11H23NOS/c1-7(2)9(13)10(11(5,6)14)12-8(3)4/h7-8,10,12,14H,1-6H3. The molecule has 84 valence electrons. The Morgan fingerprint density at radius 3 is 1.86 bits per heavy atom. The summed E-state index contributed by atoms with van der Waals surface area (Å²) in [5.74, 6) is 0.288. The van der Waals surface area contributed by atoms with E-state index in [0.29, 0.717) is 6.04 Å². The van der Waals surface area contributed by atoms with Gasteiger partial charge < -0.3 is 5.32 Å². The van der Waals surface area contributed by atoms with Crippen LogP contribution in [0, 0.1) is 5.92 Å². The second-order valence-electron chi connectivity index (χ2n) is 4.97. The largest absolute Gasteiger partial charge is 0.304 e. The van der Waals surface area contributed by atoms with Crippen molar-refractivity contribution in [2.24, 2.45) is 5.92 Å². The number of Topliss-reactive ketones (excluding diaryl/α,β-unsaturated/α-hetero) is 1. The fourth-order valence-corrected chi connectivity index (χ4v) is 1.50. The van der Waals surface area contributed by atoms with Crippen LogP contribution in [0.25, 0.3) is 0 Å². The molecule has 1 N–H and O–H groups in total. The van der Waals surface area contributed by atoms with Crippen LogP contribution in [0.5, 0.6) is 0 Å². The first-order valence-corrected chi connectivity index (χ1v) is 5.63. The highest BCUT2D eigenvalue weighted by molar-refractivity contribution is 7.81. The Kier molecular flexibility index (Phi) is 5.16. The van der Waals surface area contributed by atoms with Crippen LogP contribution in [0.15, 0.2) is 0 Å². The van der Waals surface area contributed by atoms with Crippen molar-refractivity contribution >= 4 is 18.4 Å². The highest BCUT2D eigenvalue weighted by Crippen LogP contribution is 2.21. The predicted molar refractivity (Wildman–Crippen MR) is 65.0 cm³/mol.